The van der Waals surface area contributed by atoms with Gasteiger partial charge in [-0.3, -0.25) is 77.1 Å². The Balaban J connectivity index is 0.000000157. The van der Waals surface area contributed by atoms with E-state index in [2.05, 4.69) is 22.6 Å². The van der Waals surface area contributed by atoms with Gasteiger partial charge >= 0.3 is 0 Å². The lowest BCUT2D eigenvalue weighted by molar-refractivity contribution is -0.131. The van der Waals surface area contributed by atoms with Gasteiger partial charge in [0.2, 0.25) is 23.6 Å². The molecule has 8 atom stereocenters. The largest absolute Gasteiger partial charge is 0.348 e. The van der Waals surface area contributed by atoms with Gasteiger partial charge in [0.15, 0.2) is 46.3 Å². The number of ketones is 8. The normalized spacial score (nSPS) is 18.7. The summed E-state index contributed by atoms with van der Waals surface area (Å²) in [5.41, 5.74) is 7.89. The monoisotopic (exact) mass is 2010 g/mol. The number of carbonyl (C=O) groups excluding carboxylic acids is 12. The summed E-state index contributed by atoms with van der Waals surface area (Å²) in [6.45, 7) is 3.39. The van der Waals surface area contributed by atoms with Gasteiger partial charge in [0.25, 0.3) is 0 Å². The van der Waals surface area contributed by atoms with Gasteiger partial charge in [-0.1, -0.05) is 309 Å². The number of benzene rings is 12. The van der Waals surface area contributed by atoms with Crippen LogP contribution in [-0.4, -0.2) is 244 Å². The van der Waals surface area contributed by atoms with Crippen molar-refractivity contribution < 1.29 is 66.3 Å². The maximum Gasteiger partial charge on any atom is 0.236 e. The van der Waals surface area contributed by atoms with E-state index in [1.807, 2.05) is 202 Å². The number of piperidine rings is 4. The molecule has 0 unspecified atom stereocenters. The van der Waals surface area contributed by atoms with Crippen molar-refractivity contribution in [3.63, 3.8) is 0 Å². The maximum atomic E-state index is 14.3. The van der Waals surface area contributed by atoms with E-state index >= 15 is 0 Å². The van der Waals surface area contributed by atoms with Gasteiger partial charge in [0.1, 0.15) is 11.6 Å². The molecule has 0 radical (unpaired) electrons. The Morgan fingerprint density at radius 3 is 0.679 bits per heavy atom. The first-order valence-electron chi connectivity index (χ1n) is 46.9. The second-order valence-corrected chi connectivity index (χ2v) is 38.5. The average Bonchev–Trinajstić information content (AvgIpc) is 0.800. The van der Waals surface area contributed by atoms with E-state index in [4.69, 9.17) is 11.6 Å². The van der Waals surface area contributed by atoms with Crippen LogP contribution in [0.25, 0.3) is 0 Å². The van der Waals surface area contributed by atoms with Gasteiger partial charge in [-0.2, -0.15) is 0 Å². The Bertz CT molecular complexity index is 5850. The number of amides is 4. The zero-order chi connectivity index (χ0) is 99.8. The molecule has 0 saturated carbocycles. The predicted octanol–water partition coefficient (Wildman–Crippen LogP) is 18.2. The first kappa shape index (κ1) is 104. The highest BCUT2D eigenvalue weighted by molar-refractivity contribution is 14.1. The molecule has 4 aliphatic heterocycles. The van der Waals surface area contributed by atoms with Crippen molar-refractivity contribution in [3.8, 4) is 0 Å². The van der Waals surface area contributed by atoms with Crippen molar-refractivity contribution in [2.24, 2.45) is 47.3 Å². The van der Waals surface area contributed by atoms with Gasteiger partial charge in [-0.05, 0) is 87.3 Å². The molecular weight excluding hydrogens is 1900 g/mol. The van der Waals surface area contributed by atoms with Crippen molar-refractivity contribution in [3.05, 3.63) is 427 Å². The van der Waals surface area contributed by atoms with E-state index in [1.165, 1.54) is 39.0 Å². The molecular formula is C116H116ClF2IN8O12. The Kier molecular flexibility index (Phi) is 36.7. The van der Waals surface area contributed by atoms with Gasteiger partial charge < -0.3 is 19.6 Å². The van der Waals surface area contributed by atoms with Crippen molar-refractivity contribution in [1.29, 1.82) is 0 Å². The Morgan fingerprint density at radius 2 is 0.457 bits per heavy atom. The Hall–Kier alpha value is -13.4. The SMILES string of the molecule is CN(C)C(=O)CN1C[C@H](C(=O)c2ccccc2)C(c2ccc(Cl)cc2)[C@@H](C(=O)c2ccccc2)C1.CN(C)C(=O)CN1C[C@H](C(=O)c2ccccc2)C(c2ccc(F)cc2)[C@@H](C(=O)c2ccccc2)C1.CN(C)C(=O)CN1C[C@H](C(=O)c2ccccc2)C(c2cccc(F)c2)[C@@H](C(=O)c2ccccc2)C1.CN(C)C(=O)CN1C[C@H](C(=O)c2ccccc2)C(c2ccccc2I)[C@@H](C(=O)c2ccccc2)C1. The highest BCUT2D eigenvalue weighted by Gasteiger charge is 2.51. The van der Waals surface area contributed by atoms with Crippen LogP contribution >= 0.6 is 34.2 Å². The number of hydrogen-bond donors (Lipinski definition) is 0. The fraction of sp³-hybridized carbons (Fsp3) is 0.276. The molecule has 0 bridgehead atoms. The Labute approximate surface area is 836 Å². The van der Waals surface area contributed by atoms with Crippen molar-refractivity contribution in [2.45, 2.75) is 23.7 Å². The molecule has 4 heterocycles. The summed E-state index contributed by atoms with van der Waals surface area (Å²) in [5, 5.41) is 0.597. The standard InChI is InChI=1S/C29H29ClN2O3.2C29H29FN2O3.C29H29IN2O3/c1-31(2)26(33)19-32-17-24(28(34)21-9-5-3-6-10-21)27(20-13-15-23(30)16-14-20)25(18-32)29(35)22-11-7-4-8-12-22;1-31(2)26(33)19-32-17-24(28(34)20-10-5-3-6-11-20)27(22-14-9-15-23(30)16-22)25(18-32)29(35)21-12-7-4-8-13-21;1-31(2)26(33)19-32-17-24(28(34)21-9-5-3-6-10-21)27(20-13-15-23(30)16-14-20)25(18-32)29(35)22-11-7-4-8-12-22;1-31(2)26(33)19-32-17-23(28(34)20-11-5-3-6-12-20)27(22-15-9-10-16-25(22)30)24(18-32)29(35)21-13-7-4-8-14-21/h3*3-16,24-25,27H,17-19H2,1-2H3;3-16,23-24,27H,17-19H2,1-2H3/t3*24-,25-;23-,24-/m0000/s1. The van der Waals surface area contributed by atoms with E-state index in [1.54, 1.807) is 195 Å². The van der Waals surface area contributed by atoms with Gasteiger partial charge in [0.05, 0.1) is 26.2 Å². The maximum absolute atomic E-state index is 14.3. The first-order valence-corrected chi connectivity index (χ1v) is 48.3. The molecule has 140 heavy (non-hydrogen) atoms. The third kappa shape index (κ3) is 26.6. The molecule has 16 rings (SSSR count). The molecule has 20 nitrogen and oxygen atoms in total. The van der Waals surface area contributed by atoms with E-state index in [0.717, 1.165) is 20.3 Å². The second-order valence-electron chi connectivity index (χ2n) is 36.9. The van der Waals surface area contributed by atoms with E-state index in [-0.39, 0.29) is 114 Å². The average molecular weight is 2010 g/mol. The fourth-order valence-corrected chi connectivity index (χ4v) is 20.4. The molecule has 4 aliphatic rings. The van der Waals surface area contributed by atoms with Gasteiger partial charge in [-0.15, -0.1) is 0 Å². The van der Waals surface area contributed by atoms with Gasteiger partial charge in [-0.25, -0.2) is 8.78 Å². The van der Waals surface area contributed by atoms with Crippen LogP contribution in [0.15, 0.2) is 340 Å². The lowest BCUT2D eigenvalue weighted by Crippen LogP contribution is -2.52. The minimum atomic E-state index is -0.624. The van der Waals surface area contributed by atoms with E-state index in [9.17, 15) is 66.3 Å². The first-order chi connectivity index (χ1) is 67.4. The van der Waals surface area contributed by atoms with Crippen LogP contribution in [0.4, 0.5) is 8.78 Å². The summed E-state index contributed by atoms with van der Waals surface area (Å²) >= 11 is 8.46. The topological polar surface area (TPSA) is 231 Å². The molecule has 0 aliphatic carbocycles. The van der Waals surface area contributed by atoms with E-state index < -0.39 is 65.0 Å². The van der Waals surface area contributed by atoms with Crippen molar-refractivity contribution in [1.82, 2.24) is 39.2 Å². The molecule has 0 aromatic heterocycles. The molecule has 4 amide bonds. The minimum Gasteiger partial charge on any atom is -0.348 e. The predicted molar refractivity (Wildman–Crippen MR) is 549 cm³/mol. The third-order valence-corrected chi connectivity index (χ3v) is 27.9. The number of carbonyl (C=O) groups is 12. The zero-order valence-corrected chi connectivity index (χ0v) is 82.6. The van der Waals surface area contributed by atoms with Crippen LogP contribution in [0.5, 0.6) is 0 Å². The molecule has 24 heteroatoms. The van der Waals surface area contributed by atoms with E-state index in [0.29, 0.717) is 107 Å². The molecule has 720 valence electrons. The number of rotatable bonds is 28. The molecule has 12 aromatic rings. The highest BCUT2D eigenvalue weighted by atomic mass is 127. The third-order valence-electron chi connectivity index (χ3n) is 26.7. The minimum absolute atomic E-state index is 0.00289. The number of hydrogen-bond acceptors (Lipinski definition) is 16. The number of likely N-dealkylation sites (tertiary alicyclic amines) is 4. The van der Waals surface area contributed by atoms with Crippen LogP contribution < -0.4 is 0 Å². The summed E-state index contributed by atoms with van der Waals surface area (Å²) in [5.74, 6) is -7.53. The van der Waals surface area contributed by atoms with Crippen molar-refractivity contribution >= 4 is 104 Å². The summed E-state index contributed by atoms with van der Waals surface area (Å²) in [7, 11) is 13.6. The lowest BCUT2D eigenvalue weighted by atomic mass is 9.68. The summed E-state index contributed by atoms with van der Waals surface area (Å²) < 4.78 is 29.2. The lowest BCUT2D eigenvalue weighted by Gasteiger charge is -2.43. The highest BCUT2D eigenvalue weighted by Crippen LogP contribution is 2.47. The number of likely N-dealkylation sites (N-methyl/N-ethyl adjacent to an activating group) is 4. The quantitative estimate of drug-likeness (QED) is 0.0328. The summed E-state index contributed by atoms with van der Waals surface area (Å²) in [4.78, 5) is 175. The number of Topliss-reactive ketones (excluding diaryl/α,β-unsaturated/α-hetero) is 8. The van der Waals surface area contributed by atoms with Crippen LogP contribution in [0, 0.1) is 62.5 Å². The molecule has 12 aromatic carbocycles. The molecule has 0 spiro atoms. The van der Waals surface area contributed by atoms with Crippen LogP contribution in [0.1, 0.15) is 129 Å². The second kappa shape index (κ2) is 49.4. The number of nitrogens with zero attached hydrogens (tertiary/aromatic N) is 8. The van der Waals surface area contributed by atoms with Crippen molar-refractivity contribution in [2.75, 3.05) is 135 Å². The van der Waals surface area contributed by atoms with Crippen LogP contribution in [0.2, 0.25) is 5.02 Å². The van der Waals surface area contributed by atoms with Crippen LogP contribution in [0.3, 0.4) is 0 Å². The fourth-order valence-electron chi connectivity index (χ4n) is 19.6. The Morgan fingerprint density at radius 1 is 0.250 bits per heavy atom. The van der Waals surface area contributed by atoms with Crippen LogP contribution in [-0.2, 0) is 19.2 Å². The zero-order valence-electron chi connectivity index (χ0n) is 79.7. The molecule has 4 saturated heterocycles. The summed E-state index contributed by atoms with van der Waals surface area (Å²) in [6.07, 6.45) is 0. The summed E-state index contributed by atoms with van der Waals surface area (Å²) in [6, 6.07) is 100. The smallest absolute Gasteiger partial charge is 0.236 e. The molecule has 4 fully saturated rings. The molecule has 0 N–H and O–H groups in total. The number of halogens is 4. The van der Waals surface area contributed by atoms with Gasteiger partial charge in [0, 0.05) is 233 Å².